The molecule has 0 bridgehead atoms. The van der Waals surface area contributed by atoms with Crippen LogP contribution in [0.1, 0.15) is 27.7 Å². The molecular weight excluding hydrogens is 124 g/mol. The van der Waals surface area contributed by atoms with Gasteiger partial charge in [-0.15, -0.1) is 0 Å². The zero-order valence-corrected chi connectivity index (χ0v) is 7.05. The molecule has 1 heterocycles. The van der Waals surface area contributed by atoms with Crippen LogP contribution in [-0.4, -0.2) is 11.4 Å². The smallest absolute Gasteiger partial charge is 0.0409 e. The zero-order valence-electron chi connectivity index (χ0n) is 7.05. The highest BCUT2D eigenvalue weighted by Gasteiger charge is 2.20. The molecular formula is C8H14N2. The number of hydrogen-bond donors (Lipinski definition) is 0. The van der Waals surface area contributed by atoms with Crippen molar-refractivity contribution in [3.63, 3.8) is 0 Å². The number of nitrogens with zero attached hydrogens (tertiary/aromatic N) is 2. The average molecular weight is 138 g/mol. The Morgan fingerprint density at radius 2 is 1.20 bits per heavy atom. The average Bonchev–Trinajstić information content (AvgIpc) is 1.93. The summed E-state index contributed by atoms with van der Waals surface area (Å²) in [5.41, 5.74) is 2.30. The van der Waals surface area contributed by atoms with E-state index in [0.717, 1.165) is 11.4 Å². The molecule has 0 saturated carbocycles. The monoisotopic (exact) mass is 138 g/mol. The number of hydrogen-bond acceptors (Lipinski definition) is 2. The Kier molecular flexibility index (Phi) is 1.88. The van der Waals surface area contributed by atoms with Crippen LogP contribution in [0.5, 0.6) is 0 Å². The minimum absolute atomic E-state index is 0.567. The Morgan fingerprint density at radius 3 is 1.50 bits per heavy atom. The van der Waals surface area contributed by atoms with Gasteiger partial charge in [-0.3, -0.25) is 0 Å². The zero-order chi connectivity index (χ0) is 7.72. The SMILES string of the molecule is CC1=NN=C(C)C(C)C1C. The Morgan fingerprint density at radius 1 is 0.900 bits per heavy atom. The molecule has 0 radical (unpaired) electrons. The van der Waals surface area contributed by atoms with Crippen molar-refractivity contribution in [1.29, 1.82) is 0 Å². The first kappa shape index (κ1) is 7.45. The molecule has 0 aromatic heterocycles. The van der Waals surface area contributed by atoms with Crippen molar-refractivity contribution >= 4 is 11.4 Å². The first-order valence-electron chi connectivity index (χ1n) is 3.71. The summed E-state index contributed by atoms with van der Waals surface area (Å²) in [6.07, 6.45) is 0. The predicted molar refractivity (Wildman–Crippen MR) is 44.5 cm³/mol. The minimum Gasteiger partial charge on any atom is -0.160 e. The van der Waals surface area contributed by atoms with Crippen molar-refractivity contribution < 1.29 is 0 Å². The summed E-state index contributed by atoms with van der Waals surface area (Å²) in [7, 11) is 0. The molecule has 1 aliphatic heterocycles. The van der Waals surface area contributed by atoms with E-state index in [1.807, 2.05) is 13.8 Å². The van der Waals surface area contributed by atoms with Gasteiger partial charge in [0.25, 0.3) is 0 Å². The van der Waals surface area contributed by atoms with Crippen LogP contribution in [0.15, 0.2) is 10.2 Å². The van der Waals surface area contributed by atoms with E-state index in [1.54, 1.807) is 0 Å². The van der Waals surface area contributed by atoms with Crippen molar-refractivity contribution in [3.8, 4) is 0 Å². The summed E-state index contributed by atoms with van der Waals surface area (Å²) >= 11 is 0. The van der Waals surface area contributed by atoms with Gasteiger partial charge in [0, 0.05) is 23.3 Å². The van der Waals surface area contributed by atoms with Gasteiger partial charge >= 0.3 is 0 Å². The summed E-state index contributed by atoms with van der Waals surface area (Å²) < 4.78 is 0. The van der Waals surface area contributed by atoms with Crippen LogP contribution in [0.4, 0.5) is 0 Å². The fourth-order valence-corrected chi connectivity index (χ4v) is 1.06. The van der Waals surface area contributed by atoms with Crippen molar-refractivity contribution in [1.82, 2.24) is 0 Å². The van der Waals surface area contributed by atoms with E-state index in [9.17, 15) is 0 Å². The Hall–Kier alpha value is -0.660. The maximum absolute atomic E-state index is 4.05. The molecule has 10 heavy (non-hydrogen) atoms. The number of rotatable bonds is 0. The molecule has 0 saturated heterocycles. The van der Waals surface area contributed by atoms with Crippen LogP contribution in [0.25, 0.3) is 0 Å². The van der Waals surface area contributed by atoms with Crippen LogP contribution in [-0.2, 0) is 0 Å². The van der Waals surface area contributed by atoms with Gasteiger partial charge in [-0.25, -0.2) is 0 Å². The van der Waals surface area contributed by atoms with Crippen molar-refractivity contribution in [2.24, 2.45) is 22.0 Å². The second kappa shape index (κ2) is 2.52. The molecule has 0 fully saturated rings. The molecule has 0 spiro atoms. The fraction of sp³-hybridized carbons (Fsp3) is 0.750. The van der Waals surface area contributed by atoms with Gasteiger partial charge in [0.1, 0.15) is 0 Å². The molecule has 56 valence electrons. The summed E-state index contributed by atoms with van der Waals surface area (Å²) in [4.78, 5) is 0. The van der Waals surface area contributed by atoms with E-state index in [0.29, 0.717) is 11.8 Å². The summed E-state index contributed by atoms with van der Waals surface area (Å²) in [6, 6.07) is 0. The van der Waals surface area contributed by atoms with E-state index >= 15 is 0 Å². The predicted octanol–water partition coefficient (Wildman–Crippen LogP) is 2.11. The topological polar surface area (TPSA) is 24.7 Å². The van der Waals surface area contributed by atoms with Crippen LogP contribution in [0, 0.1) is 11.8 Å². The van der Waals surface area contributed by atoms with Crippen LogP contribution < -0.4 is 0 Å². The highest BCUT2D eigenvalue weighted by molar-refractivity contribution is 5.95. The molecule has 0 N–H and O–H groups in total. The highest BCUT2D eigenvalue weighted by Crippen LogP contribution is 2.18. The van der Waals surface area contributed by atoms with Gasteiger partial charge in [-0.1, -0.05) is 13.8 Å². The standard InChI is InChI=1S/C8H14N2/c1-5-6(2)8(4)10-9-7(5)3/h5-6H,1-4H3. The first-order chi connectivity index (χ1) is 4.63. The van der Waals surface area contributed by atoms with Crippen molar-refractivity contribution in [2.45, 2.75) is 27.7 Å². The second-order valence-electron chi connectivity index (χ2n) is 3.06. The van der Waals surface area contributed by atoms with Gasteiger partial charge in [0.05, 0.1) is 0 Å². The molecule has 2 unspecified atom stereocenters. The first-order valence-corrected chi connectivity index (χ1v) is 3.71. The van der Waals surface area contributed by atoms with E-state index in [4.69, 9.17) is 0 Å². The normalized spacial score (nSPS) is 33.2. The third-order valence-corrected chi connectivity index (χ3v) is 2.43. The molecule has 2 atom stereocenters. The summed E-state index contributed by atoms with van der Waals surface area (Å²) in [5, 5.41) is 8.09. The van der Waals surface area contributed by atoms with Crippen molar-refractivity contribution in [3.05, 3.63) is 0 Å². The van der Waals surface area contributed by atoms with E-state index in [2.05, 4.69) is 24.1 Å². The molecule has 1 rings (SSSR count). The third kappa shape index (κ3) is 1.11. The van der Waals surface area contributed by atoms with E-state index < -0.39 is 0 Å². The van der Waals surface area contributed by atoms with Gasteiger partial charge in [-0.05, 0) is 13.8 Å². The molecule has 1 aliphatic rings. The van der Waals surface area contributed by atoms with Crippen LogP contribution in [0.2, 0.25) is 0 Å². The molecule has 2 heteroatoms. The lowest BCUT2D eigenvalue weighted by molar-refractivity contribution is 0.603. The molecule has 0 aliphatic carbocycles. The highest BCUT2D eigenvalue weighted by atomic mass is 15.2. The maximum Gasteiger partial charge on any atom is 0.0409 e. The summed E-state index contributed by atoms with van der Waals surface area (Å²) in [5.74, 6) is 1.13. The minimum atomic E-state index is 0.567. The largest absolute Gasteiger partial charge is 0.160 e. The Labute approximate surface area is 62.0 Å². The van der Waals surface area contributed by atoms with Gasteiger partial charge in [0.15, 0.2) is 0 Å². The van der Waals surface area contributed by atoms with E-state index in [-0.39, 0.29) is 0 Å². The lowest BCUT2D eigenvalue weighted by atomic mass is 9.88. The van der Waals surface area contributed by atoms with Gasteiger partial charge in [0.2, 0.25) is 0 Å². The lowest BCUT2D eigenvalue weighted by Crippen LogP contribution is -2.25. The maximum atomic E-state index is 4.05. The van der Waals surface area contributed by atoms with Crippen LogP contribution >= 0.6 is 0 Å². The second-order valence-corrected chi connectivity index (χ2v) is 3.06. The van der Waals surface area contributed by atoms with E-state index in [1.165, 1.54) is 0 Å². The quantitative estimate of drug-likeness (QED) is 0.490. The lowest BCUT2D eigenvalue weighted by Gasteiger charge is -2.21. The molecule has 2 nitrogen and oxygen atoms in total. The molecule has 0 amide bonds. The van der Waals surface area contributed by atoms with Crippen molar-refractivity contribution in [2.75, 3.05) is 0 Å². The molecule has 0 aromatic carbocycles. The summed E-state index contributed by atoms with van der Waals surface area (Å²) in [6.45, 7) is 8.47. The Bertz CT molecular complexity index is 169. The van der Waals surface area contributed by atoms with Crippen LogP contribution in [0.3, 0.4) is 0 Å². The molecule has 0 aromatic rings. The van der Waals surface area contributed by atoms with Gasteiger partial charge in [-0.2, -0.15) is 10.2 Å². The van der Waals surface area contributed by atoms with Gasteiger partial charge < -0.3 is 0 Å². The third-order valence-electron chi connectivity index (χ3n) is 2.43. The fourth-order valence-electron chi connectivity index (χ4n) is 1.06. The Balaban J connectivity index is 2.86.